The highest BCUT2D eigenvalue weighted by Crippen LogP contribution is 2.36. The second kappa shape index (κ2) is 7.05. The molecule has 0 saturated carbocycles. The van der Waals surface area contributed by atoms with E-state index in [4.69, 9.17) is 0 Å². The molecule has 0 amide bonds. The fraction of sp³-hybridized carbons (Fsp3) is 0.250. The molecular formula is C24H26. The maximum absolute atomic E-state index is 2.37. The molecule has 24 heavy (non-hydrogen) atoms. The van der Waals surface area contributed by atoms with E-state index in [-0.39, 0.29) is 0 Å². The molecule has 3 aromatic rings. The summed E-state index contributed by atoms with van der Waals surface area (Å²) in [6.07, 6.45) is 0. The van der Waals surface area contributed by atoms with Gasteiger partial charge in [-0.3, -0.25) is 0 Å². The van der Waals surface area contributed by atoms with Crippen LogP contribution in [0.15, 0.2) is 72.8 Å². The number of aryl methyl sites for hydroxylation is 2. The molecule has 0 N–H and O–H groups in total. The van der Waals surface area contributed by atoms with Gasteiger partial charge in [0, 0.05) is 11.8 Å². The first-order chi connectivity index (χ1) is 11.6. The zero-order valence-corrected chi connectivity index (χ0v) is 15.1. The van der Waals surface area contributed by atoms with Gasteiger partial charge < -0.3 is 0 Å². The summed E-state index contributed by atoms with van der Waals surface area (Å²) in [6.45, 7) is 9.10. The van der Waals surface area contributed by atoms with Gasteiger partial charge in [0.05, 0.1) is 0 Å². The van der Waals surface area contributed by atoms with Crippen LogP contribution in [0.3, 0.4) is 0 Å². The van der Waals surface area contributed by atoms with E-state index >= 15 is 0 Å². The third-order valence-corrected chi connectivity index (χ3v) is 5.06. The highest BCUT2D eigenvalue weighted by Gasteiger charge is 2.20. The standard InChI is InChI=1S/C24H26/c1-17-15-18(2)24(20(4)22-13-9-6-10-14-22)23(16-17)19(3)21-11-7-5-8-12-21/h5-16,19-20H,1-4H3. The molecule has 0 saturated heterocycles. The maximum Gasteiger partial charge on any atom is 0.00665 e. The van der Waals surface area contributed by atoms with Crippen molar-refractivity contribution in [2.24, 2.45) is 0 Å². The number of hydrogen-bond donors (Lipinski definition) is 0. The monoisotopic (exact) mass is 314 g/mol. The van der Waals surface area contributed by atoms with Gasteiger partial charge in [0.25, 0.3) is 0 Å². The minimum Gasteiger partial charge on any atom is -0.0622 e. The molecule has 0 aromatic heterocycles. The van der Waals surface area contributed by atoms with Gasteiger partial charge in [0.2, 0.25) is 0 Å². The number of hydrogen-bond acceptors (Lipinski definition) is 0. The average molecular weight is 314 g/mol. The van der Waals surface area contributed by atoms with E-state index in [0.717, 1.165) is 0 Å². The van der Waals surface area contributed by atoms with Crippen LogP contribution in [0.25, 0.3) is 0 Å². The second-order valence-corrected chi connectivity index (χ2v) is 6.85. The zero-order valence-electron chi connectivity index (χ0n) is 15.1. The van der Waals surface area contributed by atoms with Gasteiger partial charge in [-0.05, 0) is 41.7 Å². The van der Waals surface area contributed by atoms with E-state index in [1.807, 2.05) is 0 Å². The van der Waals surface area contributed by atoms with Crippen molar-refractivity contribution in [2.45, 2.75) is 39.5 Å². The highest BCUT2D eigenvalue weighted by atomic mass is 14.2. The topological polar surface area (TPSA) is 0 Å². The van der Waals surface area contributed by atoms with Gasteiger partial charge in [-0.2, -0.15) is 0 Å². The Balaban J connectivity index is 2.12. The Morgan fingerprint density at radius 3 is 1.67 bits per heavy atom. The van der Waals surface area contributed by atoms with Gasteiger partial charge in [0.1, 0.15) is 0 Å². The molecule has 0 heteroatoms. The molecule has 0 radical (unpaired) electrons. The summed E-state index contributed by atoms with van der Waals surface area (Å²) < 4.78 is 0. The van der Waals surface area contributed by atoms with Crippen LogP contribution in [-0.2, 0) is 0 Å². The van der Waals surface area contributed by atoms with Gasteiger partial charge in [0.15, 0.2) is 0 Å². The summed E-state index contributed by atoms with van der Waals surface area (Å²) in [5, 5.41) is 0. The molecule has 0 spiro atoms. The van der Waals surface area contributed by atoms with E-state index in [1.54, 1.807) is 0 Å². The van der Waals surface area contributed by atoms with Crippen molar-refractivity contribution >= 4 is 0 Å². The minimum atomic E-state index is 0.394. The van der Waals surface area contributed by atoms with Crippen LogP contribution in [-0.4, -0.2) is 0 Å². The average Bonchev–Trinajstić information content (AvgIpc) is 2.61. The molecular weight excluding hydrogens is 288 g/mol. The lowest BCUT2D eigenvalue weighted by Gasteiger charge is -2.24. The van der Waals surface area contributed by atoms with E-state index in [2.05, 4.69) is 100 Å². The van der Waals surface area contributed by atoms with E-state index < -0.39 is 0 Å². The largest absolute Gasteiger partial charge is 0.0622 e. The lowest BCUT2D eigenvalue weighted by molar-refractivity contribution is 0.832. The third-order valence-electron chi connectivity index (χ3n) is 5.06. The number of rotatable bonds is 4. The normalized spacial score (nSPS) is 13.5. The first-order valence-electron chi connectivity index (χ1n) is 8.79. The van der Waals surface area contributed by atoms with Gasteiger partial charge in [-0.25, -0.2) is 0 Å². The van der Waals surface area contributed by atoms with Crippen molar-refractivity contribution in [3.63, 3.8) is 0 Å². The lowest BCUT2D eigenvalue weighted by atomic mass is 9.80. The van der Waals surface area contributed by atoms with Gasteiger partial charge in [-0.1, -0.05) is 92.2 Å². The molecule has 2 unspecified atom stereocenters. The Kier molecular flexibility index (Phi) is 4.85. The fourth-order valence-electron chi connectivity index (χ4n) is 3.79. The molecule has 0 heterocycles. The van der Waals surface area contributed by atoms with Crippen LogP contribution in [0.1, 0.15) is 59.1 Å². The molecule has 0 fully saturated rings. The molecule has 3 aromatic carbocycles. The van der Waals surface area contributed by atoms with Crippen LogP contribution >= 0.6 is 0 Å². The fourth-order valence-corrected chi connectivity index (χ4v) is 3.79. The van der Waals surface area contributed by atoms with Crippen LogP contribution in [0.4, 0.5) is 0 Å². The van der Waals surface area contributed by atoms with E-state index in [9.17, 15) is 0 Å². The first-order valence-corrected chi connectivity index (χ1v) is 8.79. The molecule has 0 aliphatic heterocycles. The summed E-state index contributed by atoms with van der Waals surface area (Å²) in [5.74, 6) is 0.791. The van der Waals surface area contributed by atoms with E-state index in [0.29, 0.717) is 11.8 Å². The predicted octanol–water partition coefficient (Wildman–Crippen LogP) is 6.61. The van der Waals surface area contributed by atoms with Crippen molar-refractivity contribution in [2.75, 3.05) is 0 Å². The summed E-state index contributed by atoms with van der Waals surface area (Å²) in [6, 6.07) is 26.3. The number of benzene rings is 3. The molecule has 0 aliphatic rings. The van der Waals surface area contributed by atoms with Crippen molar-refractivity contribution in [3.05, 3.63) is 106 Å². The SMILES string of the molecule is Cc1cc(C)c(C(C)c2ccccc2)c(C(C)c2ccccc2)c1. The van der Waals surface area contributed by atoms with Gasteiger partial charge >= 0.3 is 0 Å². The van der Waals surface area contributed by atoms with Crippen molar-refractivity contribution < 1.29 is 0 Å². The van der Waals surface area contributed by atoms with Crippen LogP contribution in [0.2, 0.25) is 0 Å². The van der Waals surface area contributed by atoms with Crippen LogP contribution < -0.4 is 0 Å². The van der Waals surface area contributed by atoms with Crippen molar-refractivity contribution in [3.8, 4) is 0 Å². The third kappa shape index (κ3) is 3.28. The Labute approximate surface area is 146 Å². The van der Waals surface area contributed by atoms with Crippen LogP contribution in [0, 0.1) is 13.8 Å². The molecule has 0 nitrogen and oxygen atoms in total. The quantitative estimate of drug-likeness (QED) is 0.508. The van der Waals surface area contributed by atoms with Crippen molar-refractivity contribution in [1.29, 1.82) is 0 Å². The lowest BCUT2D eigenvalue weighted by Crippen LogP contribution is -2.08. The Morgan fingerprint density at radius 2 is 1.12 bits per heavy atom. The molecule has 0 aliphatic carbocycles. The first kappa shape index (κ1) is 16.5. The summed E-state index contributed by atoms with van der Waals surface area (Å²) in [4.78, 5) is 0. The Hall–Kier alpha value is -2.34. The minimum absolute atomic E-state index is 0.394. The van der Waals surface area contributed by atoms with Crippen molar-refractivity contribution in [1.82, 2.24) is 0 Å². The van der Waals surface area contributed by atoms with Gasteiger partial charge in [-0.15, -0.1) is 0 Å². The molecule has 0 bridgehead atoms. The maximum atomic E-state index is 2.37. The second-order valence-electron chi connectivity index (χ2n) is 6.85. The molecule has 2 atom stereocenters. The predicted molar refractivity (Wildman–Crippen MR) is 104 cm³/mol. The zero-order chi connectivity index (χ0) is 17.1. The summed E-state index contributed by atoms with van der Waals surface area (Å²) in [7, 11) is 0. The van der Waals surface area contributed by atoms with E-state index in [1.165, 1.54) is 33.4 Å². The molecule has 122 valence electrons. The summed E-state index contributed by atoms with van der Waals surface area (Å²) >= 11 is 0. The molecule has 3 rings (SSSR count). The Morgan fingerprint density at radius 1 is 0.625 bits per heavy atom. The Bertz CT molecular complexity index is 800. The highest BCUT2D eigenvalue weighted by molar-refractivity contribution is 5.48. The smallest absolute Gasteiger partial charge is 0.00665 e. The summed E-state index contributed by atoms with van der Waals surface area (Å²) in [5.41, 5.74) is 8.42. The van der Waals surface area contributed by atoms with Crippen LogP contribution in [0.5, 0.6) is 0 Å².